The van der Waals surface area contributed by atoms with E-state index in [0.717, 1.165) is 37.4 Å². The van der Waals surface area contributed by atoms with Crippen LogP contribution in [0.5, 0.6) is 0 Å². The first-order valence-corrected chi connectivity index (χ1v) is 6.82. The number of benzene rings is 1. The monoisotopic (exact) mass is 244 g/mol. The van der Waals surface area contributed by atoms with E-state index in [4.69, 9.17) is 0 Å². The second kappa shape index (κ2) is 7.80. The highest BCUT2D eigenvalue weighted by Crippen LogP contribution is 2.07. The van der Waals surface area contributed by atoms with Crippen molar-refractivity contribution in [3.8, 4) is 0 Å². The highest BCUT2D eigenvalue weighted by molar-refractivity contribution is 6.02. The molecule has 0 fully saturated rings. The van der Waals surface area contributed by atoms with Gasteiger partial charge in [0.2, 0.25) is 0 Å². The van der Waals surface area contributed by atoms with Gasteiger partial charge in [0.15, 0.2) is 0 Å². The van der Waals surface area contributed by atoms with E-state index in [9.17, 15) is 0 Å². The number of nitrogens with zero attached hydrogens (tertiary/aromatic N) is 2. The van der Waals surface area contributed by atoms with E-state index in [1.165, 1.54) is 11.1 Å². The maximum Gasteiger partial charge on any atom is 0.0390 e. The number of aliphatic imine (C=N–C) groups is 2. The molecule has 0 saturated heterocycles. The molecular weight excluding hydrogens is 220 g/mol. The summed E-state index contributed by atoms with van der Waals surface area (Å²) in [5.74, 6) is 0. The summed E-state index contributed by atoms with van der Waals surface area (Å²) in [7, 11) is 0. The lowest BCUT2D eigenvalue weighted by Crippen LogP contribution is -2.00. The zero-order valence-electron chi connectivity index (χ0n) is 12.0. The van der Waals surface area contributed by atoms with Gasteiger partial charge in [0.25, 0.3) is 0 Å². The molecule has 1 aromatic carbocycles. The fourth-order valence-electron chi connectivity index (χ4n) is 1.69. The van der Waals surface area contributed by atoms with E-state index < -0.39 is 0 Å². The fraction of sp³-hybridized carbons (Fsp3) is 0.500. The third-order valence-electron chi connectivity index (χ3n) is 2.87. The fourth-order valence-corrected chi connectivity index (χ4v) is 1.69. The SMILES string of the molecule is CCCN=C(C)c1ccc(C(C)=NCCC)cc1. The van der Waals surface area contributed by atoms with Crippen LogP contribution in [0, 0.1) is 0 Å². The van der Waals surface area contributed by atoms with Gasteiger partial charge in [-0.2, -0.15) is 0 Å². The Bertz CT molecular complexity index is 372. The standard InChI is InChI=1S/C16H24N2/c1-5-11-17-13(3)15-7-9-16(10-8-15)14(4)18-12-6-2/h7-10H,5-6,11-12H2,1-4H3. The lowest BCUT2D eigenvalue weighted by Gasteiger charge is -2.04. The molecule has 0 heterocycles. The van der Waals surface area contributed by atoms with Gasteiger partial charge in [-0.05, 0) is 37.8 Å². The number of hydrogen-bond donors (Lipinski definition) is 0. The third-order valence-corrected chi connectivity index (χ3v) is 2.87. The molecule has 1 rings (SSSR count). The van der Waals surface area contributed by atoms with Crippen molar-refractivity contribution in [2.45, 2.75) is 40.5 Å². The Morgan fingerprint density at radius 3 is 1.39 bits per heavy atom. The van der Waals surface area contributed by atoms with Gasteiger partial charge in [-0.1, -0.05) is 38.1 Å². The summed E-state index contributed by atoms with van der Waals surface area (Å²) < 4.78 is 0. The molecule has 0 saturated carbocycles. The van der Waals surface area contributed by atoms with Crippen molar-refractivity contribution in [1.82, 2.24) is 0 Å². The second-order valence-electron chi connectivity index (χ2n) is 4.51. The minimum Gasteiger partial charge on any atom is -0.289 e. The van der Waals surface area contributed by atoms with E-state index in [1.807, 2.05) is 0 Å². The van der Waals surface area contributed by atoms with Crippen molar-refractivity contribution in [2.75, 3.05) is 13.1 Å². The highest BCUT2D eigenvalue weighted by atomic mass is 14.7. The number of hydrogen-bond acceptors (Lipinski definition) is 2. The first-order chi connectivity index (χ1) is 8.69. The van der Waals surface area contributed by atoms with Crippen LogP contribution in [0.3, 0.4) is 0 Å². The van der Waals surface area contributed by atoms with Crippen LogP contribution >= 0.6 is 0 Å². The number of rotatable bonds is 6. The van der Waals surface area contributed by atoms with Gasteiger partial charge in [-0.15, -0.1) is 0 Å². The molecule has 0 atom stereocenters. The Morgan fingerprint density at radius 1 is 0.778 bits per heavy atom. The molecular formula is C16H24N2. The average molecular weight is 244 g/mol. The van der Waals surface area contributed by atoms with Crippen molar-refractivity contribution in [3.63, 3.8) is 0 Å². The molecule has 0 spiro atoms. The maximum atomic E-state index is 4.52. The highest BCUT2D eigenvalue weighted by Gasteiger charge is 2.00. The molecule has 0 N–H and O–H groups in total. The Labute approximate surface area is 111 Å². The van der Waals surface area contributed by atoms with Gasteiger partial charge in [-0.25, -0.2) is 0 Å². The van der Waals surface area contributed by atoms with Crippen molar-refractivity contribution in [2.24, 2.45) is 9.98 Å². The Balaban J connectivity index is 2.79. The van der Waals surface area contributed by atoms with E-state index in [2.05, 4.69) is 61.9 Å². The van der Waals surface area contributed by atoms with Crippen LogP contribution in [0.25, 0.3) is 0 Å². The molecule has 1 aromatic rings. The first-order valence-electron chi connectivity index (χ1n) is 6.82. The molecule has 0 bridgehead atoms. The summed E-state index contributed by atoms with van der Waals surface area (Å²) in [5, 5.41) is 0. The molecule has 2 nitrogen and oxygen atoms in total. The Kier molecular flexibility index (Phi) is 6.34. The second-order valence-corrected chi connectivity index (χ2v) is 4.51. The first kappa shape index (κ1) is 14.6. The molecule has 18 heavy (non-hydrogen) atoms. The van der Waals surface area contributed by atoms with Crippen LogP contribution in [0.4, 0.5) is 0 Å². The predicted octanol–water partition coefficient (Wildman–Crippen LogP) is 4.12. The topological polar surface area (TPSA) is 24.7 Å². The summed E-state index contributed by atoms with van der Waals surface area (Å²) in [6.45, 7) is 10.3. The van der Waals surface area contributed by atoms with Crippen LogP contribution in [0.15, 0.2) is 34.3 Å². The average Bonchev–Trinajstić information content (AvgIpc) is 2.42. The lowest BCUT2D eigenvalue weighted by molar-refractivity contribution is 0.931. The van der Waals surface area contributed by atoms with E-state index >= 15 is 0 Å². The molecule has 0 unspecified atom stereocenters. The van der Waals surface area contributed by atoms with Crippen LogP contribution in [0.2, 0.25) is 0 Å². The quantitative estimate of drug-likeness (QED) is 0.672. The maximum absolute atomic E-state index is 4.52. The minimum atomic E-state index is 0.907. The molecule has 2 heteroatoms. The normalized spacial score (nSPS) is 12.9. The summed E-state index contributed by atoms with van der Waals surface area (Å²) in [4.78, 5) is 9.05. The zero-order valence-corrected chi connectivity index (χ0v) is 12.0. The minimum absolute atomic E-state index is 0.907. The Hall–Kier alpha value is -1.44. The van der Waals surface area contributed by atoms with Gasteiger partial charge < -0.3 is 0 Å². The van der Waals surface area contributed by atoms with Crippen molar-refractivity contribution in [3.05, 3.63) is 35.4 Å². The van der Waals surface area contributed by atoms with Gasteiger partial charge in [-0.3, -0.25) is 9.98 Å². The molecule has 0 radical (unpaired) electrons. The van der Waals surface area contributed by atoms with E-state index in [0.29, 0.717) is 0 Å². The summed E-state index contributed by atoms with van der Waals surface area (Å²) >= 11 is 0. The molecule has 0 aliphatic heterocycles. The van der Waals surface area contributed by atoms with E-state index in [-0.39, 0.29) is 0 Å². The van der Waals surface area contributed by atoms with Crippen LogP contribution in [-0.2, 0) is 0 Å². The van der Waals surface area contributed by atoms with Gasteiger partial charge in [0.05, 0.1) is 0 Å². The summed E-state index contributed by atoms with van der Waals surface area (Å²) in [5.41, 5.74) is 4.64. The largest absolute Gasteiger partial charge is 0.289 e. The summed E-state index contributed by atoms with van der Waals surface area (Å²) in [6, 6.07) is 8.53. The van der Waals surface area contributed by atoms with Gasteiger partial charge in [0, 0.05) is 24.5 Å². The third kappa shape index (κ3) is 4.44. The molecule has 0 aromatic heterocycles. The van der Waals surface area contributed by atoms with Crippen LogP contribution < -0.4 is 0 Å². The van der Waals surface area contributed by atoms with Crippen molar-refractivity contribution in [1.29, 1.82) is 0 Å². The summed E-state index contributed by atoms with van der Waals surface area (Å²) in [6.07, 6.45) is 2.19. The molecule has 98 valence electrons. The van der Waals surface area contributed by atoms with Crippen LogP contribution in [0.1, 0.15) is 51.7 Å². The smallest absolute Gasteiger partial charge is 0.0390 e. The van der Waals surface area contributed by atoms with Gasteiger partial charge in [0.1, 0.15) is 0 Å². The Morgan fingerprint density at radius 2 is 1.11 bits per heavy atom. The lowest BCUT2D eigenvalue weighted by atomic mass is 10.1. The zero-order chi connectivity index (χ0) is 13.4. The van der Waals surface area contributed by atoms with Crippen molar-refractivity contribution >= 4 is 11.4 Å². The predicted molar refractivity (Wildman–Crippen MR) is 81.2 cm³/mol. The van der Waals surface area contributed by atoms with Crippen molar-refractivity contribution < 1.29 is 0 Å². The van der Waals surface area contributed by atoms with Gasteiger partial charge >= 0.3 is 0 Å². The van der Waals surface area contributed by atoms with E-state index in [1.54, 1.807) is 0 Å². The molecule has 0 amide bonds. The molecule has 0 aliphatic rings. The van der Waals surface area contributed by atoms with Crippen LogP contribution in [-0.4, -0.2) is 24.5 Å². The molecule has 0 aliphatic carbocycles.